The molecule has 1 aromatic carbocycles. The number of hydrogen-bond donors (Lipinski definition) is 1. The highest BCUT2D eigenvalue weighted by molar-refractivity contribution is 9.11. The smallest absolute Gasteiger partial charge is 0.326 e. The van der Waals surface area contributed by atoms with Crippen LogP contribution in [0.25, 0.3) is 0 Å². The van der Waals surface area contributed by atoms with Crippen LogP contribution in [0, 0.1) is 0 Å². The molecular weight excluding hydrogens is 327 g/mol. The topological polar surface area (TPSA) is 26.0 Å². The number of benzene rings is 1. The van der Waals surface area contributed by atoms with Crippen molar-refractivity contribution in [3.63, 3.8) is 0 Å². The third-order valence-electron chi connectivity index (χ3n) is 1.67. The fraction of sp³-hybridized carbons (Fsp3) is 0.250. The SMILES string of the molecule is NCc1ccc(Br)c(C(F)(F)F)c1Br. The maximum atomic E-state index is 12.5. The second-order valence-electron chi connectivity index (χ2n) is 2.60. The molecule has 0 fully saturated rings. The highest BCUT2D eigenvalue weighted by Gasteiger charge is 2.36. The number of halogens is 5. The highest BCUT2D eigenvalue weighted by Crippen LogP contribution is 2.41. The average molecular weight is 333 g/mol. The van der Waals surface area contributed by atoms with E-state index in [0.29, 0.717) is 5.56 Å². The van der Waals surface area contributed by atoms with Crippen LogP contribution in [0.4, 0.5) is 13.2 Å². The number of rotatable bonds is 1. The van der Waals surface area contributed by atoms with Gasteiger partial charge in [0.2, 0.25) is 0 Å². The van der Waals surface area contributed by atoms with Gasteiger partial charge in [-0.2, -0.15) is 13.2 Å². The van der Waals surface area contributed by atoms with E-state index in [1.54, 1.807) is 6.07 Å². The molecular formula is C8H6Br2F3N. The standard InChI is InChI=1S/C8H6Br2F3N/c9-5-2-1-4(3-14)7(10)6(5)8(11,12)13/h1-2H,3,14H2. The monoisotopic (exact) mass is 331 g/mol. The van der Waals surface area contributed by atoms with Crippen molar-refractivity contribution in [3.8, 4) is 0 Å². The molecule has 0 aliphatic heterocycles. The molecule has 0 aliphatic rings. The first-order chi connectivity index (χ1) is 6.38. The van der Waals surface area contributed by atoms with Crippen LogP contribution >= 0.6 is 31.9 Å². The van der Waals surface area contributed by atoms with E-state index in [1.807, 2.05) is 0 Å². The molecule has 0 radical (unpaired) electrons. The Morgan fingerprint density at radius 2 is 1.79 bits per heavy atom. The van der Waals surface area contributed by atoms with Crippen LogP contribution in [-0.4, -0.2) is 0 Å². The van der Waals surface area contributed by atoms with Crippen LogP contribution in [0.15, 0.2) is 21.1 Å². The molecule has 0 atom stereocenters. The van der Waals surface area contributed by atoms with Crippen molar-refractivity contribution in [1.29, 1.82) is 0 Å². The molecule has 0 amide bonds. The Morgan fingerprint density at radius 3 is 2.21 bits per heavy atom. The second kappa shape index (κ2) is 4.20. The summed E-state index contributed by atoms with van der Waals surface area (Å²) < 4.78 is 37.6. The summed E-state index contributed by atoms with van der Waals surface area (Å²) in [7, 11) is 0. The van der Waals surface area contributed by atoms with E-state index < -0.39 is 11.7 Å². The molecule has 0 spiro atoms. The molecule has 0 heterocycles. The molecule has 1 aromatic rings. The van der Waals surface area contributed by atoms with E-state index in [0.717, 1.165) is 0 Å². The molecule has 0 saturated heterocycles. The molecule has 2 N–H and O–H groups in total. The summed E-state index contributed by atoms with van der Waals surface area (Å²) in [6.07, 6.45) is -4.39. The van der Waals surface area contributed by atoms with Gasteiger partial charge in [0.25, 0.3) is 0 Å². The predicted molar refractivity (Wildman–Crippen MR) is 54.7 cm³/mol. The second-order valence-corrected chi connectivity index (χ2v) is 4.24. The fourth-order valence-electron chi connectivity index (χ4n) is 1.01. The third-order valence-corrected chi connectivity index (χ3v) is 3.24. The first-order valence-corrected chi connectivity index (χ1v) is 5.20. The lowest BCUT2D eigenvalue weighted by atomic mass is 10.1. The van der Waals surface area contributed by atoms with Gasteiger partial charge in [0, 0.05) is 15.5 Å². The van der Waals surface area contributed by atoms with Gasteiger partial charge in [0.1, 0.15) is 0 Å². The fourth-order valence-corrected chi connectivity index (χ4v) is 2.57. The molecule has 0 saturated carbocycles. The summed E-state index contributed by atoms with van der Waals surface area (Å²) >= 11 is 5.75. The molecule has 14 heavy (non-hydrogen) atoms. The van der Waals surface area contributed by atoms with Gasteiger partial charge in [-0.1, -0.05) is 22.0 Å². The summed E-state index contributed by atoms with van der Waals surface area (Å²) in [6, 6.07) is 2.89. The number of nitrogens with two attached hydrogens (primary N) is 1. The highest BCUT2D eigenvalue weighted by atomic mass is 79.9. The normalized spacial score (nSPS) is 11.9. The van der Waals surface area contributed by atoms with Crippen molar-refractivity contribution in [2.45, 2.75) is 12.7 Å². The predicted octanol–water partition coefficient (Wildman–Crippen LogP) is 3.69. The lowest BCUT2D eigenvalue weighted by Crippen LogP contribution is -2.10. The molecule has 6 heteroatoms. The van der Waals surface area contributed by atoms with E-state index in [4.69, 9.17) is 5.73 Å². The first-order valence-electron chi connectivity index (χ1n) is 3.62. The van der Waals surface area contributed by atoms with Gasteiger partial charge in [0.05, 0.1) is 5.56 Å². The van der Waals surface area contributed by atoms with Crippen molar-refractivity contribution >= 4 is 31.9 Å². The van der Waals surface area contributed by atoms with E-state index in [9.17, 15) is 13.2 Å². The Morgan fingerprint density at radius 1 is 1.21 bits per heavy atom. The largest absolute Gasteiger partial charge is 0.418 e. The van der Waals surface area contributed by atoms with Gasteiger partial charge in [-0.3, -0.25) is 0 Å². The quantitative estimate of drug-likeness (QED) is 0.834. The Hall–Kier alpha value is -0.0700. The lowest BCUT2D eigenvalue weighted by Gasteiger charge is -2.13. The van der Waals surface area contributed by atoms with Gasteiger partial charge in [-0.25, -0.2) is 0 Å². The summed E-state index contributed by atoms with van der Waals surface area (Å²) in [5.74, 6) is 0. The average Bonchev–Trinajstić information content (AvgIpc) is 2.02. The molecule has 78 valence electrons. The Balaban J connectivity index is 3.40. The minimum atomic E-state index is -4.39. The van der Waals surface area contributed by atoms with E-state index in [2.05, 4.69) is 31.9 Å². The zero-order valence-corrected chi connectivity index (χ0v) is 10.0. The van der Waals surface area contributed by atoms with E-state index >= 15 is 0 Å². The van der Waals surface area contributed by atoms with Gasteiger partial charge < -0.3 is 5.73 Å². The summed E-state index contributed by atoms with van der Waals surface area (Å²) in [4.78, 5) is 0. The Labute approximate surface area is 95.7 Å². The molecule has 0 aromatic heterocycles. The summed E-state index contributed by atoms with van der Waals surface area (Å²) in [6.45, 7) is 0.0664. The van der Waals surface area contributed by atoms with Crippen LogP contribution in [0.5, 0.6) is 0 Å². The van der Waals surface area contributed by atoms with Crippen LogP contribution in [0.2, 0.25) is 0 Å². The maximum Gasteiger partial charge on any atom is 0.418 e. The zero-order chi connectivity index (χ0) is 10.9. The summed E-state index contributed by atoms with van der Waals surface area (Å²) in [5, 5.41) is 0. The minimum Gasteiger partial charge on any atom is -0.326 e. The zero-order valence-electron chi connectivity index (χ0n) is 6.83. The van der Waals surface area contributed by atoms with Crippen LogP contribution in [-0.2, 0) is 12.7 Å². The van der Waals surface area contributed by atoms with Crippen molar-refractivity contribution in [2.75, 3.05) is 0 Å². The van der Waals surface area contributed by atoms with Crippen molar-refractivity contribution < 1.29 is 13.2 Å². The molecule has 0 unspecified atom stereocenters. The molecule has 1 nitrogen and oxygen atoms in total. The lowest BCUT2D eigenvalue weighted by molar-refractivity contribution is -0.138. The number of hydrogen-bond acceptors (Lipinski definition) is 1. The van der Waals surface area contributed by atoms with Gasteiger partial charge >= 0.3 is 6.18 Å². The van der Waals surface area contributed by atoms with Gasteiger partial charge in [-0.15, -0.1) is 0 Å². The van der Waals surface area contributed by atoms with Crippen LogP contribution in [0.3, 0.4) is 0 Å². The van der Waals surface area contributed by atoms with Gasteiger partial charge in [-0.05, 0) is 27.6 Å². The first kappa shape index (κ1) is 12.0. The third kappa shape index (κ3) is 2.29. The summed E-state index contributed by atoms with van der Waals surface area (Å²) in [5.41, 5.74) is 5.01. The van der Waals surface area contributed by atoms with E-state index in [1.165, 1.54) is 6.07 Å². The van der Waals surface area contributed by atoms with E-state index in [-0.39, 0.29) is 15.5 Å². The van der Waals surface area contributed by atoms with Crippen molar-refractivity contribution in [1.82, 2.24) is 0 Å². The maximum absolute atomic E-state index is 12.5. The molecule has 0 bridgehead atoms. The Bertz CT molecular complexity index is 349. The molecule has 1 rings (SSSR count). The Kier molecular flexibility index (Phi) is 3.60. The number of alkyl halides is 3. The minimum absolute atomic E-state index is 0.00174. The van der Waals surface area contributed by atoms with Gasteiger partial charge in [0.15, 0.2) is 0 Å². The van der Waals surface area contributed by atoms with Crippen molar-refractivity contribution in [2.24, 2.45) is 5.73 Å². The van der Waals surface area contributed by atoms with Crippen LogP contribution in [0.1, 0.15) is 11.1 Å². The van der Waals surface area contributed by atoms with Crippen molar-refractivity contribution in [3.05, 3.63) is 32.2 Å². The van der Waals surface area contributed by atoms with Crippen LogP contribution < -0.4 is 5.73 Å². The molecule has 0 aliphatic carbocycles.